The van der Waals surface area contributed by atoms with Crippen LogP contribution in [0.1, 0.15) is 46.8 Å². The molecule has 4 nitrogen and oxygen atoms in total. The van der Waals surface area contributed by atoms with Gasteiger partial charge in [0.2, 0.25) is 0 Å². The van der Waals surface area contributed by atoms with Gasteiger partial charge in [-0.3, -0.25) is 9.59 Å². The molecule has 0 radical (unpaired) electrons. The van der Waals surface area contributed by atoms with Crippen molar-refractivity contribution in [2.75, 3.05) is 5.32 Å². The molecular formula is C26H25NO3. The van der Waals surface area contributed by atoms with Crippen LogP contribution in [0.4, 0.5) is 5.69 Å². The fraction of sp³-hybridized carbons (Fsp3) is 0.231. The molecule has 0 aromatic heterocycles. The lowest BCUT2D eigenvalue weighted by atomic mass is 9.91. The van der Waals surface area contributed by atoms with Gasteiger partial charge in [0.1, 0.15) is 5.75 Å². The first-order chi connectivity index (χ1) is 14.6. The van der Waals surface area contributed by atoms with E-state index < -0.39 is 6.10 Å². The molecule has 0 saturated carbocycles. The number of aryl methyl sites for hydroxylation is 1. The van der Waals surface area contributed by atoms with Gasteiger partial charge in [-0.25, -0.2) is 0 Å². The van der Waals surface area contributed by atoms with Crippen LogP contribution in [0.2, 0.25) is 0 Å². The molecule has 3 aromatic rings. The first-order valence-electron chi connectivity index (χ1n) is 10.4. The highest BCUT2D eigenvalue weighted by molar-refractivity contribution is 6.14. The molecular weight excluding hydrogens is 374 g/mol. The maximum atomic E-state index is 12.9. The highest BCUT2D eigenvalue weighted by Gasteiger charge is 2.21. The Morgan fingerprint density at radius 1 is 0.867 bits per heavy atom. The quantitative estimate of drug-likeness (QED) is 0.580. The van der Waals surface area contributed by atoms with E-state index in [1.807, 2.05) is 30.3 Å². The largest absolute Gasteiger partial charge is 0.481 e. The van der Waals surface area contributed by atoms with Crippen LogP contribution in [0.25, 0.3) is 0 Å². The molecule has 30 heavy (non-hydrogen) atoms. The summed E-state index contributed by atoms with van der Waals surface area (Å²) < 4.78 is 6.03. The van der Waals surface area contributed by atoms with Crippen molar-refractivity contribution in [3.63, 3.8) is 0 Å². The van der Waals surface area contributed by atoms with Gasteiger partial charge in [0.05, 0.1) is 5.69 Å². The predicted octanol–water partition coefficient (Wildman–Crippen LogP) is 5.20. The molecule has 0 spiro atoms. The van der Waals surface area contributed by atoms with Crippen molar-refractivity contribution in [3.8, 4) is 5.75 Å². The zero-order valence-corrected chi connectivity index (χ0v) is 17.1. The average Bonchev–Trinajstić information content (AvgIpc) is 2.80. The standard InChI is InChI=1S/C26H25NO3/c1-18(30-24-17-9-13-19-10-5-6-14-21(19)24)26(29)27-23-16-8-7-15-22(23)25(28)20-11-3-2-4-12-20/h2-4,7-9,11-13,15-18H,5-6,10,14H2,1H3,(H,27,29)/t18-/m0/s1. The Labute approximate surface area is 176 Å². The van der Waals surface area contributed by atoms with Gasteiger partial charge in [0.25, 0.3) is 5.91 Å². The van der Waals surface area contributed by atoms with Crippen molar-refractivity contribution in [1.82, 2.24) is 0 Å². The van der Waals surface area contributed by atoms with E-state index in [0.717, 1.165) is 25.0 Å². The second kappa shape index (κ2) is 8.95. The maximum absolute atomic E-state index is 12.9. The van der Waals surface area contributed by atoms with Gasteiger partial charge in [-0.1, -0.05) is 54.6 Å². The number of carbonyl (C=O) groups excluding carboxylic acids is 2. The molecule has 0 saturated heterocycles. The molecule has 1 N–H and O–H groups in total. The van der Waals surface area contributed by atoms with Crippen LogP contribution < -0.4 is 10.1 Å². The molecule has 1 aliphatic rings. The SMILES string of the molecule is C[C@H](Oc1cccc2c1CCCC2)C(=O)Nc1ccccc1C(=O)c1ccccc1. The number of fused-ring (bicyclic) bond motifs is 1. The lowest BCUT2D eigenvalue weighted by Gasteiger charge is -2.22. The van der Waals surface area contributed by atoms with E-state index in [0.29, 0.717) is 16.8 Å². The number of hydrogen-bond donors (Lipinski definition) is 1. The van der Waals surface area contributed by atoms with E-state index in [4.69, 9.17) is 4.74 Å². The highest BCUT2D eigenvalue weighted by Crippen LogP contribution is 2.30. The topological polar surface area (TPSA) is 55.4 Å². The number of hydrogen-bond acceptors (Lipinski definition) is 3. The fourth-order valence-electron chi connectivity index (χ4n) is 3.87. The summed E-state index contributed by atoms with van der Waals surface area (Å²) in [5.41, 5.74) is 4.05. The molecule has 1 amide bonds. The summed E-state index contributed by atoms with van der Waals surface area (Å²) in [6.07, 6.45) is 3.69. The Morgan fingerprint density at radius 2 is 1.60 bits per heavy atom. The maximum Gasteiger partial charge on any atom is 0.265 e. The molecule has 0 heterocycles. The van der Waals surface area contributed by atoms with Crippen molar-refractivity contribution in [1.29, 1.82) is 0 Å². The molecule has 1 atom stereocenters. The monoisotopic (exact) mass is 399 g/mol. The summed E-state index contributed by atoms with van der Waals surface area (Å²) in [5, 5.41) is 2.88. The third kappa shape index (κ3) is 4.28. The van der Waals surface area contributed by atoms with Crippen LogP contribution in [-0.4, -0.2) is 17.8 Å². The smallest absolute Gasteiger partial charge is 0.265 e. The normalized spacial score (nSPS) is 13.8. The molecule has 3 aromatic carbocycles. The molecule has 0 unspecified atom stereocenters. The third-order valence-corrected chi connectivity index (χ3v) is 5.49. The van der Waals surface area contributed by atoms with E-state index in [1.54, 1.807) is 43.3 Å². The number of benzene rings is 3. The van der Waals surface area contributed by atoms with Crippen LogP contribution >= 0.6 is 0 Å². The third-order valence-electron chi connectivity index (χ3n) is 5.49. The molecule has 4 heteroatoms. The first-order valence-corrected chi connectivity index (χ1v) is 10.4. The lowest BCUT2D eigenvalue weighted by Crippen LogP contribution is -2.31. The van der Waals surface area contributed by atoms with Crippen molar-refractivity contribution >= 4 is 17.4 Å². The summed E-state index contributed by atoms with van der Waals surface area (Å²) in [5.74, 6) is 0.373. The summed E-state index contributed by atoms with van der Waals surface area (Å²) >= 11 is 0. The molecule has 0 aliphatic heterocycles. The van der Waals surface area contributed by atoms with Crippen molar-refractivity contribution < 1.29 is 14.3 Å². The van der Waals surface area contributed by atoms with Gasteiger partial charge in [-0.15, -0.1) is 0 Å². The summed E-state index contributed by atoms with van der Waals surface area (Å²) in [6, 6.07) is 22.2. The number of carbonyl (C=O) groups is 2. The minimum Gasteiger partial charge on any atom is -0.481 e. The Morgan fingerprint density at radius 3 is 2.43 bits per heavy atom. The Hall–Kier alpha value is -3.40. The van der Waals surface area contributed by atoms with Gasteiger partial charge < -0.3 is 10.1 Å². The van der Waals surface area contributed by atoms with Gasteiger partial charge in [0.15, 0.2) is 11.9 Å². The van der Waals surface area contributed by atoms with Crippen LogP contribution in [-0.2, 0) is 17.6 Å². The number of nitrogens with one attached hydrogen (secondary N) is 1. The Bertz CT molecular complexity index is 1060. The van der Waals surface area contributed by atoms with E-state index in [2.05, 4.69) is 11.4 Å². The van der Waals surface area contributed by atoms with Gasteiger partial charge in [-0.2, -0.15) is 0 Å². The molecule has 1 aliphatic carbocycles. The number of anilines is 1. The molecule has 4 rings (SSSR count). The number of ketones is 1. The fourth-order valence-corrected chi connectivity index (χ4v) is 3.87. The number of rotatable bonds is 6. The second-order valence-corrected chi connectivity index (χ2v) is 7.59. The average molecular weight is 399 g/mol. The second-order valence-electron chi connectivity index (χ2n) is 7.59. The molecule has 152 valence electrons. The zero-order chi connectivity index (χ0) is 20.9. The van der Waals surface area contributed by atoms with E-state index in [9.17, 15) is 9.59 Å². The van der Waals surface area contributed by atoms with Crippen LogP contribution in [0, 0.1) is 0 Å². The predicted molar refractivity (Wildman–Crippen MR) is 118 cm³/mol. The zero-order valence-electron chi connectivity index (χ0n) is 17.1. The molecule has 0 bridgehead atoms. The van der Waals surface area contributed by atoms with E-state index >= 15 is 0 Å². The van der Waals surface area contributed by atoms with Crippen molar-refractivity contribution in [3.05, 3.63) is 95.1 Å². The number of amides is 1. The summed E-state index contributed by atoms with van der Waals surface area (Å²) in [4.78, 5) is 25.7. The Balaban J connectivity index is 1.50. The van der Waals surface area contributed by atoms with Gasteiger partial charge in [-0.05, 0) is 61.9 Å². The van der Waals surface area contributed by atoms with Crippen molar-refractivity contribution in [2.24, 2.45) is 0 Å². The summed E-state index contributed by atoms with van der Waals surface area (Å²) in [7, 11) is 0. The molecule has 0 fully saturated rings. The minimum absolute atomic E-state index is 0.128. The first kappa shape index (κ1) is 19.9. The summed E-state index contributed by atoms with van der Waals surface area (Å²) in [6.45, 7) is 1.74. The van der Waals surface area contributed by atoms with Crippen molar-refractivity contribution in [2.45, 2.75) is 38.7 Å². The minimum atomic E-state index is -0.682. The van der Waals surface area contributed by atoms with Crippen LogP contribution in [0.5, 0.6) is 5.75 Å². The van der Waals surface area contributed by atoms with E-state index in [-0.39, 0.29) is 11.7 Å². The van der Waals surface area contributed by atoms with Gasteiger partial charge >= 0.3 is 0 Å². The highest BCUT2D eigenvalue weighted by atomic mass is 16.5. The van der Waals surface area contributed by atoms with E-state index in [1.165, 1.54) is 17.5 Å². The number of para-hydroxylation sites is 1. The van der Waals surface area contributed by atoms with Crippen LogP contribution in [0.3, 0.4) is 0 Å². The van der Waals surface area contributed by atoms with Crippen LogP contribution in [0.15, 0.2) is 72.8 Å². The lowest BCUT2D eigenvalue weighted by molar-refractivity contribution is -0.122. The van der Waals surface area contributed by atoms with Gasteiger partial charge in [0, 0.05) is 11.1 Å². The Kier molecular flexibility index (Phi) is 5.94. The number of ether oxygens (including phenoxy) is 1.